The van der Waals surface area contributed by atoms with Gasteiger partial charge in [-0.05, 0) is 51.5 Å². The van der Waals surface area contributed by atoms with E-state index >= 15 is 0 Å². The molecule has 1 aliphatic rings. The van der Waals surface area contributed by atoms with E-state index in [1.807, 2.05) is 6.92 Å². The Morgan fingerprint density at radius 2 is 1.95 bits per heavy atom. The number of piperidine rings is 1. The lowest BCUT2D eigenvalue weighted by atomic mass is 9.88. The lowest BCUT2D eigenvalue weighted by Crippen LogP contribution is -2.50. The first-order valence-corrected chi connectivity index (χ1v) is 7.80. The maximum absolute atomic E-state index is 9.43. The molecule has 0 saturated carbocycles. The third kappa shape index (κ3) is 5.12. The predicted octanol–water partition coefficient (Wildman–Crippen LogP) is 3.02. The molecule has 0 spiro atoms. The Morgan fingerprint density at radius 1 is 1.37 bits per heavy atom. The highest BCUT2D eigenvalue weighted by Crippen LogP contribution is 2.25. The van der Waals surface area contributed by atoms with Crippen molar-refractivity contribution in [3.05, 3.63) is 0 Å². The van der Waals surface area contributed by atoms with Crippen molar-refractivity contribution in [1.29, 1.82) is 5.26 Å². The topological polar surface area (TPSA) is 39.1 Å². The molecule has 1 saturated heterocycles. The van der Waals surface area contributed by atoms with E-state index in [0.717, 1.165) is 31.2 Å². The fourth-order valence-electron chi connectivity index (χ4n) is 3.35. The van der Waals surface area contributed by atoms with E-state index in [4.69, 9.17) is 0 Å². The first-order valence-electron chi connectivity index (χ1n) is 7.80. The molecule has 19 heavy (non-hydrogen) atoms. The summed E-state index contributed by atoms with van der Waals surface area (Å²) < 4.78 is 0. The number of rotatable bonds is 6. The van der Waals surface area contributed by atoms with Crippen molar-refractivity contribution in [2.24, 2.45) is 11.8 Å². The van der Waals surface area contributed by atoms with Gasteiger partial charge >= 0.3 is 0 Å². The van der Waals surface area contributed by atoms with Crippen molar-refractivity contribution in [3.63, 3.8) is 0 Å². The Labute approximate surface area is 119 Å². The zero-order valence-electron chi connectivity index (χ0n) is 13.4. The Balaban J connectivity index is 2.57. The van der Waals surface area contributed by atoms with Crippen molar-refractivity contribution < 1.29 is 0 Å². The second-order valence-electron chi connectivity index (χ2n) is 6.82. The minimum absolute atomic E-state index is 0.390. The maximum Gasteiger partial charge on any atom is 0.105 e. The van der Waals surface area contributed by atoms with Gasteiger partial charge in [0.25, 0.3) is 0 Å². The van der Waals surface area contributed by atoms with E-state index < -0.39 is 0 Å². The molecule has 0 radical (unpaired) electrons. The van der Waals surface area contributed by atoms with Crippen LogP contribution in [0.2, 0.25) is 0 Å². The third-order valence-corrected chi connectivity index (χ3v) is 4.24. The van der Waals surface area contributed by atoms with Crippen LogP contribution in [0.15, 0.2) is 0 Å². The Bertz CT molecular complexity index is 300. The fourth-order valence-corrected chi connectivity index (χ4v) is 3.35. The van der Waals surface area contributed by atoms with Crippen LogP contribution >= 0.6 is 0 Å². The van der Waals surface area contributed by atoms with Gasteiger partial charge in [-0.25, -0.2) is 0 Å². The lowest BCUT2D eigenvalue weighted by Gasteiger charge is -2.41. The van der Waals surface area contributed by atoms with Crippen molar-refractivity contribution in [3.8, 4) is 6.07 Å². The van der Waals surface area contributed by atoms with Crippen molar-refractivity contribution in [1.82, 2.24) is 10.2 Å². The summed E-state index contributed by atoms with van der Waals surface area (Å²) in [5, 5.41) is 12.8. The molecule has 1 heterocycles. The van der Waals surface area contributed by atoms with Crippen LogP contribution in [0, 0.1) is 23.2 Å². The van der Waals surface area contributed by atoms with Crippen LogP contribution in [0.4, 0.5) is 0 Å². The van der Waals surface area contributed by atoms with Crippen LogP contribution in [0.3, 0.4) is 0 Å². The average molecular weight is 265 g/mol. The highest BCUT2D eigenvalue weighted by atomic mass is 15.2. The summed E-state index contributed by atoms with van der Waals surface area (Å²) in [6.45, 7) is 14.4. The summed E-state index contributed by atoms with van der Waals surface area (Å²) in [5.74, 6) is 1.56. The summed E-state index contributed by atoms with van der Waals surface area (Å²) in [7, 11) is 0. The zero-order chi connectivity index (χ0) is 14.5. The van der Waals surface area contributed by atoms with Gasteiger partial charge in [0.15, 0.2) is 0 Å². The predicted molar refractivity (Wildman–Crippen MR) is 80.9 cm³/mol. The van der Waals surface area contributed by atoms with E-state index in [0.29, 0.717) is 6.04 Å². The van der Waals surface area contributed by atoms with E-state index in [-0.39, 0.29) is 5.54 Å². The Hall–Kier alpha value is -0.590. The summed E-state index contributed by atoms with van der Waals surface area (Å²) >= 11 is 0. The lowest BCUT2D eigenvalue weighted by molar-refractivity contribution is 0.0891. The minimum atomic E-state index is -0.390. The molecule has 3 nitrogen and oxygen atoms in total. The highest BCUT2D eigenvalue weighted by Gasteiger charge is 2.31. The van der Waals surface area contributed by atoms with Crippen LogP contribution in [0.1, 0.15) is 53.9 Å². The molecule has 0 aromatic heterocycles. The molecule has 110 valence electrons. The van der Waals surface area contributed by atoms with E-state index in [2.05, 4.69) is 44.0 Å². The van der Waals surface area contributed by atoms with Gasteiger partial charge in [0.05, 0.1) is 6.07 Å². The van der Waals surface area contributed by atoms with Crippen LogP contribution < -0.4 is 5.32 Å². The summed E-state index contributed by atoms with van der Waals surface area (Å²) in [6, 6.07) is 2.94. The third-order valence-electron chi connectivity index (χ3n) is 4.24. The van der Waals surface area contributed by atoms with Crippen molar-refractivity contribution in [2.45, 2.75) is 65.5 Å². The number of likely N-dealkylation sites (tertiary alicyclic amines) is 1. The average Bonchev–Trinajstić information content (AvgIpc) is 2.35. The van der Waals surface area contributed by atoms with Crippen LogP contribution in [-0.2, 0) is 0 Å². The molecule has 0 aromatic rings. The number of nitriles is 1. The molecule has 1 fully saturated rings. The summed E-state index contributed by atoms with van der Waals surface area (Å²) in [4.78, 5) is 2.57. The quantitative estimate of drug-likeness (QED) is 0.802. The summed E-state index contributed by atoms with van der Waals surface area (Å²) in [6.07, 6.45) is 3.32. The normalized spacial score (nSPS) is 29.5. The van der Waals surface area contributed by atoms with Crippen LogP contribution in [0.5, 0.6) is 0 Å². The molecule has 1 rings (SSSR count). The number of hydrogen-bond donors (Lipinski definition) is 1. The number of hydrogen-bond acceptors (Lipinski definition) is 3. The van der Waals surface area contributed by atoms with E-state index in [1.54, 1.807) is 0 Å². The Morgan fingerprint density at radius 3 is 2.42 bits per heavy atom. The molecule has 0 aromatic carbocycles. The first-order chi connectivity index (χ1) is 8.90. The number of nitrogens with zero attached hydrogens (tertiary/aromatic N) is 2. The largest absolute Gasteiger partial charge is 0.300 e. The van der Waals surface area contributed by atoms with Crippen LogP contribution in [-0.4, -0.2) is 36.1 Å². The van der Waals surface area contributed by atoms with Gasteiger partial charge in [-0.2, -0.15) is 5.26 Å². The summed E-state index contributed by atoms with van der Waals surface area (Å²) in [5.41, 5.74) is -0.390. The zero-order valence-corrected chi connectivity index (χ0v) is 13.4. The van der Waals surface area contributed by atoms with E-state index in [1.165, 1.54) is 19.5 Å². The van der Waals surface area contributed by atoms with Gasteiger partial charge in [-0.1, -0.05) is 20.8 Å². The molecule has 4 unspecified atom stereocenters. The molecule has 0 amide bonds. The van der Waals surface area contributed by atoms with Gasteiger partial charge in [-0.15, -0.1) is 0 Å². The highest BCUT2D eigenvalue weighted by molar-refractivity contribution is 5.05. The monoisotopic (exact) mass is 265 g/mol. The maximum atomic E-state index is 9.43. The standard InChI is InChI=1S/C16H31N3/c1-6-7-18-16(5,12-17)9-15(4)19-10-13(2)8-14(3)11-19/h13-15,18H,6-11H2,1-5H3. The molecule has 0 aliphatic carbocycles. The van der Waals surface area contributed by atoms with Crippen molar-refractivity contribution >= 4 is 0 Å². The molecule has 0 bridgehead atoms. The molecule has 3 heteroatoms. The molecular formula is C16H31N3. The molecule has 1 N–H and O–H groups in total. The van der Waals surface area contributed by atoms with Crippen LogP contribution in [0.25, 0.3) is 0 Å². The fraction of sp³-hybridized carbons (Fsp3) is 0.938. The van der Waals surface area contributed by atoms with Gasteiger partial charge in [0.1, 0.15) is 5.54 Å². The minimum Gasteiger partial charge on any atom is -0.300 e. The van der Waals surface area contributed by atoms with Gasteiger partial charge in [-0.3, -0.25) is 5.32 Å². The molecular weight excluding hydrogens is 234 g/mol. The second-order valence-corrected chi connectivity index (χ2v) is 6.82. The molecule has 1 aliphatic heterocycles. The smallest absolute Gasteiger partial charge is 0.105 e. The van der Waals surface area contributed by atoms with Gasteiger partial charge in [0.2, 0.25) is 0 Å². The van der Waals surface area contributed by atoms with Gasteiger partial charge < -0.3 is 4.90 Å². The number of nitrogens with one attached hydrogen (secondary N) is 1. The van der Waals surface area contributed by atoms with E-state index in [9.17, 15) is 5.26 Å². The van der Waals surface area contributed by atoms with Crippen molar-refractivity contribution in [2.75, 3.05) is 19.6 Å². The Kier molecular flexibility index (Phi) is 6.29. The SMILES string of the molecule is CCCNC(C)(C#N)CC(C)N1CC(C)CC(C)C1. The van der Waals surface area contributed by atoms with Gasteiger partial charge in [0, 0.05) is 19.1 Å². The second kappa shape index (κ2) is 7.26. The first kappa shape index (κ1) is 16.5. The molecule has 4 atom stereocenters.